The van der Waals surface area contributed by atoms with Crippen molar-refractivity contribution in [2.45, 2.75) is 71.9 Å². The number of nitrogens with one attached hydrogen (secondary N) is 1. The smallest absolute Gasteiger partial charge is 0.119 e. The summed E-state index contributed by atoms with van der Waals surface area (Å²) in [5.41, 5.74) is 1.31. The highest BCUT2D eigenvalue weighted by atomic mass is 16.5. The van der Waals surface area contributed by atoms with E-state index in [1.165, 1.54) is 44.1 Å². The Bertz CT molecular complexity index is 332. The molecule has 0 bridgehead atoms. The standard InChI is InChI=1S/C18H31NO/c1-4-5-6-7-8-9-14-20-18-12-10-17(11-13-18)15-19-16(2)3/h10-13,16,19H,4-9,14-15H2,1-3H3. The monoisotopic (exact) mass is 277 g/mol. The van der Waals surface area contributed by atoms with Crippen LogP contribution >= 0.6 is 0 Å². The van der Waals surface area contributed by atoms with E-state index < -0.39 is 0 Å². The molecule has 0 aliphatic rings. The van der Waals surface area contributed by atoms with E-state index in [1.54, 1.807) is 0 Å². The van der Waals surface area contributed by atoms with Gasteiger partial charge >= 0.3 is 0 Å². The molecule has 0 spiro atoms. The largest absolute Gasteiger partial charge is 0.494 e. The fourth-order valence-electron chi connectivity index (χ4n) is 2.10. The second kappa shape index (κ2) is 10.7. The summed E-state index contributed by atoms with van der Waals surface area (Å²) in [6.45, 7) is 8.35. The van der Waals surface area contributed by atoms with Gasteiger partial charge < -0.3 is 10.1 Å². The molecule has 0 atom stereocenters. The van der Waals surface area contributed by atoms with E-state index in [0.29, 0.717) is 6.04 Å². The molecule has 1 rings (SSSR count). The molecular formula is C18H31NO. The Kier molecular flexibility index (Phi) is 9.14. The topological polar surface area (TPSA) is 21.3 Å². The minimum atomic E-state index is 0.527. The van der Waals surface area contributed by atoms with Gasteiger partial charge in [-0.05, 0) is 24.1 Å². The number of rotatable bonds is 11. The van der Waals surface area contributed by atoms with Gasteiger partial charge in [-0.1, -0.05) is 65.0 Å². The molecule has 0 aromatic heterocycles. The molecule has 0 saturated carbocycles. The third-order valence-corrected chi connectivity index (χ3v) is 3.40. The summed E-state index contributed by atoms with van der Waals surface area (Å²) < 4.78 is 5.77. The lowest BCUT2D eigenvalue weighted by molar-refractivity contribution is 0.304. The van der Waals surface area contributed by atoms with Gasteiger partial charge in [0, 0.05) is 12.6 Å². The second-order valence-electron chi connectivity index (χ2n) is 5.80. The highest BCUT2D eigenvalue weighted by molar-refractivity contribution is 5.27. The van der Waals surface area contributed by atoms with E-state index in [-0.39, 0.29) is 0 Å². The average Bonchev–Trinajstić information content (AvgIpc) is 2.45. The molecule has 0 radical (unpaired) electrons. The van der Waals surface area contributed by atoms with Crippen molar-refractivity contribution in [3.05, 3.63) is 29.8 Å². The predicted octanol–water partition coefficient (Wildman–Crippen LogP) is 4.92. The lowest BCUT2D eigenvalue weighted by Gasteiger charge is -2.09. The average molecular weight is 277 g/mol. The van der Waals surface area contributed by atoms with E-state index in [1.807, 2.05) is 0 Å². The molecule has 1 aromatic carbocycles. The Balaban J connectivity index is 2.12. The van der Waals surface area contributed by atoms with E-state index >= 15 is 0 Å². The summed E-state index contributed by atoms with van der Waals surface area (Å²) in [5.74, 6) is 0.992. The van der Waals surface area contributed by atoms with Crippen molar-refractivity contribution in [1.29, 1.82) is 0 Å². The molecule has 0 heterocycles. The first kappa shape index (κ1) is 17.0. The van der Waals surface area contributed by atoms with Crippen LogP contribution in [0.1, 0.15) is 64.9 Å². The molecular weight excluding hydrogens is 246 g/mol. The van der Waals surface area contributed by atoms with Crippen LogP contribution in [0.4, 0.5) is 0 Å². The van der Waals surface area contributed by atoms with Crippen LogP contribution < -0.4 is 10.1 Å². The Morgan fingerprint density at radius 2 is 1.60 bits per heavy atom. The van der Waals surface area contributed by atoms with E-state index in [0.717, 1.165) is 18.9 Å². The van der Waals surface area contributed by atoms with Crippen molar-refractivity contribution in [3.63, 3.8) is 0 Å². The zero-order chi connectivity index (χ0) is 14.6. The van der Waals surface area contributed by atoms with Crippen LogP contribution in [0.5, 0.6) is 5.75 Å². The summed E-state index contributed by atoms with van der Waals surface area (Å²) in [6, 6.07) is 8.97. The van der Waals surface area contributed by atoms with Gasteiger partial charge in [0.1, 0.15) is 5.75 Å². The quantitative estimate of drug-likeness (QED) is 0.579. The lowest BCUT2D eigenvalue weighted by Crippen LogP contribution is -2.21. The summed E-state index contributed by atoms with van der Waals surface area (Å²) >= 11 is 0. The van der Waals surface area contributed by atoms with Gasteiger partial charge in [0.15, 0.2) is 0 Å². The zero-order valence-corrected chi connectivity index (χ0v) is 13.5. The normalized spacial score (nSPS) is 11.0. The Hall–Kier alpha value is -1.02. The van der Waals surface area contributed by atoms with Crippen LogP contribution in [0.3, 0.4) is 0 Å². The molecule has 0 amide bonds. The van der Waals surface area contributed by atoms with Crippen LogP contribution in [-0.2, 0) is 6.54 Å². The number of unbranched alkanes of at least 4 members (excludes halogenated alkanes) is 5. The summed E-state index contributed by atoms with van der Waals surface area (Å²) in [7, 11) is 0. The van der Waals surface area contributed by atoms with Gasteiger partial charge in [-0.2, -0.15) is 0 Å². The molecule has 0 fully saturated rings. The third-order valence-electron chi connectivity index (χ3n) is 3.40. The number of hydrogen-bond acceptors (Lipinski definition) is 2. The number of hydrogen-bond donors (Lipinski definition) is 1. The minimum Gasteiger partial charge on any atom is -0.494 e. The number of benzene rings is 1. The van der Waals surface area contributed by atoms with Crippen molar-refractivity contribution < 1.29 is 4.74 Å². The fourth-order valence-corrected chi connectivity index (χ4v) is 2.10. The maximum absolute atomic E-state index is 5.77. The van der Waals surface area contributed by atoms with Gasteiger partial charge in [0.05, 0.1) is 6.61 Å². The molecule has 0 aliphatic carbocycles. The molecule has 0 unspecified atom stereocenters. The summed E-state index contributed by atoms with van der Waals surface area (Å²) in [5, 5.41) is 3.42. The molecule has 114 valence electrons. The van der Waals surface area contributed by atoms with Crippen LogP contribution in [0.2, 0.25) is 0 Å². The maximum Gasteiger partial charge on any atom is 0.119 e. The summed E-state index contributed by atoms with van der Waals surface area (Å²) in [6.07, 6.45) is 7.85. The lowest BCUT2D eigenvalue weighted by atomic mass is 10.1. The molecule has 0 aliphatic heterocycles. The van der Waals surface area contributed by atoms with Crippen LogP contribution in [0.25, 0.3) is 0 Å². The van der Waals surface area contributed by atoms with Crippen molar-refractivity contribution in [3.8, 4) is 5.75 Å². The van der Waals surface area contributed by atoms with Crippen molar-refractivity contribution in [1.82, 2.24) is 5.32 Å². The first-order valence-electron chi connectivity index (χ1n) is 8.17. The van der Waals surface area contributed by atoms with Crippen molar-refractivity contribution in [2.75, 3.05) is 6.61 Å². The summed E-state index contributed by atoms with van der Waals surface area (Å²) in [4.78, 5) is 0. The van der Waals surface area contributed by atoms with Crippen LogP contribution in [0, 0.1) is 0 Å². The Morgan fingerprint density at radius 3 is 2.25 bits per heavy atom. The third kappa shape index (κ3) is 8.21. The zero-order valence-electron chi connectivity index (χ0n) is 13.5. The van der Waals surface area contributed by atoms with Gasteiger partial charge in [-0.25, -0.2) is 0 Å². The molecule has 1 N–H and O–H groups in total. The molecule has 1 aromatic rings. The first-order chi connectivity index (χ1) is 9.72. The predicted molar refractivity (Wildman–Crippen MR) is 87.3 cm³/mol. The van der Waals surface area contributed by atoms with Crippen LogP contribution in [-0.4, -0.2) is 12.6 Å². The Labute approximate surface area is 124 Å². The molecule has 2 heteroatoms. The first-order valence-corrected chi connectivity index (χ1v) is 8.17. The van der Waals surface area contributed by atoms with Gasteiger partial charge in [-0.3, -0.25) is 0 Å². The van der Waals surface area contributed by atoms with Crippen LogP contribution in [0.15, 0.2) is 24.3 Å². The van der Waals surface area contributed by atoms with Gasteiger partial charge in [0.25, 0.3) is 0 Å². The van der Waals surface area contributed by atoms with Gasteiger partial charge in [-0.15, -0.1) is 0 Å². The second-order valence-corrected chi connectivity index (χ2v) is 5.80. The highest BCUT2D eigenvalue weighted by Crippen LogP contribution is 2.13. The fraction of sp³-hybridized carbons (Fsp3) is 0.667. The molecule has 0 saturated heterocycles. The maximum atomic E-state index is 5.77. The van der Waals surface area contributed by atoms with Crippen molar-refractivity contribution in [2.24, 2.45) is 0 Å². The molecule has 2 nitrogen and oxygen atoms in total. The van der Waals surface area contributed by atoms with E-state index in [4.69, 9.17) is 4.74 Å². The van der Waals surface area contributed by atoms with E-state index in [2.05, 4.69) is 50.4 Å². The van der Waals surface area contributed by atoms with Crippen molar-refractivity contribution >= 4 is 0 Å². The number of ether oxygens (including phenoxy) is 1. The molecule has 20 heavy (non-hydrogen) atoms. The SMILES string of the molecule is CCCCCCCCOc1ccc(CNC(C)C)cc1. The van der Waals surface area contributed by atoms with E-state index in [9.17, 15) is 0 Å². The minimum absolute atomic E-state index is 0.527. The Morgan fingerprint density at radius 1 is 0.950 bits per heavy atom. The highest BCUT2D eigenvalue weighted by Gasteiger charge is 1.97. The van der Waals surface area contributed by atoms with Gasteiger partial charge in [0.2, 0.25) is 0 Å².